The lowest BCUT2D eigenvalue weighted by Crippen LogP contribution is -2.39. The van der Waals surface area contributed by atoms with Gasteiger partial charge in [-0.25, -0.2) is 13.1 Å². The third-order valence-corrected chi connectivity index (χ3v) is 5.03. The SMILES string of the molecule is COCCNS(=O)(=O)C1CCC(C(=O)O)CC1. The number of methoxy groups -OCH3 is 1. The van der Waals surface area contributed by atoms with E-state index in [9.17, 15) is 13.2 Å². The summed E-state index contributed by atoms with van der Waals surface area (Å²) in [5, 5.41) is 8.36. The molecule has 0 saturated heterocycles. The van der Waals surface area contributed by atoms with Crippen LogP contribution in [-0.2, 0) is 19.6 Å². The first-order chi connectivity index (χ1) is 7.97. The van der Waals surface area contributed by atoms with Crippen LogP contribution < -0.4 is 4.72 Å². The Bertz CT molecular complexity index is 346. The minimum atomic E-state index is -3.33. The molecule has 1 aliphatic carbocycles. The highest BCUT2D eigenvalue weighted by Gasteiger charge is 2.32. The van der Waals surface area contributed by atoms with Crippen molar-refractivity contribution in [3.8, 4) is 0 Å². The van der Waals surface area contributed by atoms with E-state index in [1.54, 1.807) is 0 Å². The maximum absolute atomic E-state index is 11.8. The highest BCUT2D eigenvalue weighted by molar-refractivity contribution is 7.90. The number of hydrogen-bond donors (Lipinski definition) is 2. The molecule has 1 rings (SSSR count). The van der Waals surface area contributed by atoms with Gasteiger partial charge in [-0.3, -0.25) is 4.79 Å². The molecule has 0 heterocycles. The standard InChI is InChI=1S/C10H19NO5S/c1-16-7-6-11-17(14,15)9-4-2-8(3-5-9)10(12)13/h8-9,11H,2-7H2,1H3,(H,12,13). The van der Waals surface area contributed by atoms with Crippen molar-refractivity contribution in [1.82, 2.24) is 4.72 Å². The van der Waals surface area contributed by atoms with Gasteiger partial charge in [0.2, 0.25) is 10.0 Å². The van der Waals surface area contributed by atoms with E-state index in [4.69, 9.17) is 9.84 Å². The highest BCUT2D eigenvalue weighted by Crippen LogP contribution is 2.28. The van der Waals surface area contributed by atoms with Crippen LogP contribution in [0.1, 0.15) is 25.7 Å². The van der Waals surface area contributed by atoms with Crippen molar-refractivity contribution in [2.24, 2.45) is 5.92 Å². The van der Waals surface area contributed by atoms with E-state index in [1.807, 2.05) is 0 Å². The predicted octanol–water partition coefficient (Wildman–Crippen LogP) is 0.196. The monoisotopic (exact) mass is 265 g/mol. The zero-order chi connectivity index (χ0) is 12.9. The first kappa shape index (κ1) is 14.4. The number of hydrogen-bond acceptors (Lipinski definition) is 4. The average Bonchev–Trinajstić information content (AvgIpc) is 2.29. The summed E-state index contributed by atoms with van der Waals surface area (Å²) in [7, 11) is -1.82. The quantitative estimate of drug-likeness (QED) is 0.669. The Morgan fingerprint density at radius 3 is 2.41 bits per heavy atom. The zero-order valence-electron chi connectivity index (χ0n) is 9.89. The molecule has 6 nitrogen and oxygen atoms in total. The fraction of sp³-hybridized carbons (Fsp3) is 0.900. The molecule has 0 unspecified atom stereocenters. The average molecular weight is 265 g/mol. The van der Waals surface area contributed by atoms with E-state index < -0.39 is 21.2 Å². The molecule has 0 radical (unpaired) electrons. The molecule has 0 aromatic carbocycles. The van der Waals surface area contributed by atoms with Crippen molar-refractivity contribution in [3.63, 3.8) is 0 Å². The van der Waals surface area contributed by atoms with Crippen molar-refractivity contribution in [2.75, 3.05) is 20.3 Å². The summed E-state index contributed by atoms with van der Waals surface area (Å²) in [6.45, 7) is 0.599. The molecule has 0 aliphatic heterocycles. The second kappa shape index (κ2) is 6.32. The topological polar surface area (TPSA) is 92.7 Å². The first-order valence-electron chi connectivity index (χ1n) is 5.67. The maximum Gasteiger partial charge on any atom is 0.306 e. The van der Waals surface area contributed by atoms with Gasteiger partial charge in [0.25, 0.3) is 0 Å². The van der Waals surface area contributed by atoms with E-state index in [1.165, 1.54) is 7.11 Å². The lowest BCUT2D eigenvalue weighted by molar-refractivity contribution is -0.142. The molecule has 0 atom stereocenters. The van der Waals surface area contributed by atoms with Gasteiger partial charge in [0.05, 0.1) is 17.8 Å². The van der Waals surface area contributed by atoms with Gasteiger partial charge in [0, 0.05) is 13.7 Å². The summed E-state index contributed by atoms with van der Waals surface area (Å²) in [6, 6.07) is 0. The molecule has 0 aromatic rings. The Labute approximate surface area is 101 Å². The van der Waals surface area contributed by atoms with E-state index >= 15 is 0 Å². The third kappa shape index (κ3) is 4.25. The fourth-order valence-electron chi connectivity index (χ4n) is 2.02. The van der Waals surface area contributed by atoms with Gasteiger partial charge >= 0.3 is 5.97 Å². The summed E-state index contributed by atoms with van der Waals surface area (Å²) in [6.07, 6.45) is 1.70. The molecule has 2 N–H and O–H groups in total. The second-order valence-electron chi connectivity index (χ2n) is 4.24. The number of carboxylic acid groups (broad SMARTS) is 1. The van der Waals surface area contributed by atoms with Crippen molar-refractivity contribution >= 4 is 16.0 Å². The molecule has 0 amide bonds. The molecule has 0 bridgehead atoms. The first-order valence-corrected chi connectivity index (χ1v) is 7.22. The van der Waals surface area contributed by atoms with Crippen LogP contribution >= 0.6 is 0 Å². The maximum atomic E-state index is 11.8. The fourth-order valence-corrected chi connectivity index (χ4v) is 3.52. The number of rotatable bonds is 6. The van der Waals surface area contributed by atoms with Gasteiger partial charge in [0.15, 0.2) is 0 Å². The molecule has 7 heteroatoms. The number of carbonyl (C=O) groups is 1. The number of ether oxygens (including phenoxy) is 1. The Balaban J connectivity index is 2.44. The van der Waals surface area contributed by atoms with Crippen LogP contribution in [0.4, 0.5) is 0 Å². The lowest BCUT2D eigenvalue weighted by Gasteiger charge is -2.25. The van der Waals surface area contributed by atoms with E-state index in [-0.39, 0.29) is 12.5 Å². The van der Waals surface area contributed by atoms with Crippen molar-refractivity contribution in [2.45, 2.75) is 30.9 Å². The summed E-state index contributed by atoms with van der Waals surface area (Å²) >= 11 is 0. The third-order valence-electron chi connectivity index (χ3n) is 3.07. The van der Waals surface area contributed by atoms with Crippen LogP contribution in [-0.4, -0.2) is 45.0 Å². The Morgan fingerprint density at radius 1 is 1.35 bits per heavy atom. The summed E-state index contributed by atoms with van der Waals surface area (Å²) < 4.78 is 30.9. The van der Waals surface area contributed by atoms with Gasteiger partial charge in [0.1, 0.15) is 0 Å². The van der Waals surface area contributed by atoms with Crippen LogP contribution in [0, 0.1) is 5.92 Å². The van der Waals surface area contributed by atoms with E-state index in [2.05, 4.69) is 4.72 Å². The predicted molar refractivity (Wildman–Crippen MR) is 62.2 cm³/mol. The van der Waals surface area contributed by atoms with E-state index in [0.29, 0.717) is 32.3 Å². The molecule has 1 fully saturated rings. The van der Waals surface area contributed by atoms with Gasteiger partial charge < -0.3 is 9.84 Å². The number of aliphatic carboxylic acids is 1. The molecule has 1 aliphatic rings. The molecular weight excluding hydrogens is 246 g/mol. The molecular formula is C10H19NO5S. The Morgan fingerprint density at radius 2 is 1.94 bits per heavy atom. The van der Waals surface area contributed by atoms with Gasteiger partial charge in [-0.05, 0) is 25.7 Å². The molecule has 1 saturated carbocycles. The van der Waals surface area contributed by atoms with Gasteiger partial charge in [-0.1, -0.05) is 0 Å². The Hall–Kier alpha value is -0.660. The Kier molecular flexibility index (Phi) is 5.35. The van der Waals surface area contributed by atoms with Crippen LogP contribution in [0.5, 0.6) is 0 Å². The number of carboxylic acids is 1. The van der Waals surface area contributed by atoms with E-state index in [0.717, 1.165) is 0 Å². The summed E-state index contributed by atoms with van der Waals surface area (Å²) in [5.41, 5.74) is 0. The molecule has 0 spiro atoms. The summed E-state index contributed by atoms with van der Waals surface area (Å²) in [5.74, 6) is -1.21. The van der Waals surface area contributed by atoms with Crippen LogP contribution in [0.15, 0.2) is 0 Å². The number of sulfonamides is 1. The largest absolute Gasteiger partial charge is 0.481 e. The number of nitrogens with one attached hydrogen (secondary N) is 1. The zero-order valence-corrected chi connectivity index (χ0v) is 10.7. The van der Waals surface area contributed by atoms with Crippen LogP contribution in [0.2, 0.25) is 0 Å². The minimum Gasteiger partial charge on any atom is -0.481 e. The normalized spacial score (nSPS) is 25.7. The van der Waals surface area contributed by atoms with Crippen molar-refractivity contribution < 1.29 is 23.1 Å². The minimum absolute atomic E-state index is 0.262. The van der Waals surface area contributed by atoms with Crippen molar-refractivity contribution in [1.29, 1.82) is 0 Å². The van der Waals surface area contributed by atoms with Crippen LogP contribution in [0.3, 0.4) is 0 Å². The lowest BCUT2D eigenvalue weighted by atomic mass is 9.89. The summed E-state index contributed by atoms with van der Waals surface area (Å²) in [4.78, 5) is 10.7. The van der Waals surface area contributed by atoms with Gasteiger partial charge in [-0.2, -0.15) is 0 Å². The smallest absolute Gasteiger partial charge is 0.306 e. The highest BCUT2D eigenvalue weighted by atomic mass is 32.2. The van der Waals surface area contributed by atoms with Crippen molar-refractivity contribution in [3.05, 3.63) is 0 Å². The molecule has 100 valence electrons. The second-order valence-corrected chi connectivity index (χ2v) is 6.29. The van der Waals surface area contributed by atoms with Crippen LogP contribution in [0.25, 0.3) is 0 Å². The molecule has 17 heavy (non-hydrogen) atoms. The van der Waals surface area contributed by atoms with Gasteiger partial charge in [-0.15, -0.1) is 0 Å². The molecule has 0 aromatic heterocycles.